The Hall–Kier alpha value is -3.31. The van der Waals surface area contributed by atoms with Gasteiger partial charge in [-0.05, 0) is 59.7 Å². The average molecular weight is 362 g/mol. The topological polar surface area (TPSA) is 64.5 Å². The van der Waals surface area contributed by atoms with E-state index in [1.165, 1.54) is 6.07 Å². The Labute approximate surface area is 157 Å². The molecule has 130 valence electrons. The monoisotopic (exact) mass is 362 g/mol. The van der Waals surface area contributed by atoms with Crippen molar-refractivity contribution in [2.45, 2.75) is 0 Å². The summed E-state index contributed by atoms with van der Waals surface area (Å²) in [4.78, 5) is 0. The summed E-state index contributed by atoms with van der Waals surface area (Å²) in [5.74, 6) is 0.0623. The van der Waals surface area contributed by atoms with Crippen LogP contribution in [0.5, 0.6) is 11.5 Å². The first-order chi connectivity index (χ1) is 12.6. The first kappa shape index (κ1) is 17.5. The lowest BCUT2D eigenvalue weighted by molar-refractivity contribution is 0.450. The number of hydrogen-bond acceptors (Lipinski definition) is 3. The van der Waals surface area contributed by atoms with Crippen LogP contribution in [0, 0.1) is 0 Å². The molecule has 0 unspecified atom stereocenters. The maximum absolute atomic E-state index is 9.50. The molecule has 0 bridgehead atoms. The van der Waals surface area contributed by atoms with E-state index >= 15 is 0 Å². The lowest BCUT2D eigenvalue weighted by atomic mass is 10.1. The van der Waals surface area contributed by atoms with Crippen molar-refractivity contribution in [3.05, 3.63) is 83.9 Å². The Bertz CT molecular complexity index is 902. The summed E-state index contributed by atoms with van der Waals surface area (Å²) in [6.07, 6.45) is 3.72. The largest absolute Gasteiger partial charge is 0.508 e. The maximum atomic E-state index is 9.50. The molecule has 0 aliphatic heterocycles. The van der Waals surface area contributed by atoms with Crippen LogP contribution in [0.15, 0.2) is 72.8 Å². The van der Waals surface area contributed by atoms with E-state index in [0.29, 0.717) is 5.11 Å². The minimum atomic E-state index is 0.0311. The molecular weight excluding hydrogens is 344 g/mol. The van der Waals surface area contributed by atoms with Crippen molar-refractivity contribution in [1.29, 1.82) is 0 Å². The molecule has 0 aliphatic carbocycles. The molecule has 4 nitrogen and oxygen atoms in total. The summed E-state index contributed by atoms with van der Waals surface area (Å²) in [6.45, 7) is 0. The molecule has 0 spiro atoms. The molecule has 0 aliphatic rings. The first-order valence-electron chi connectivity index (χ1n) is 8.03. The number of rotatable bonds is 4. The van der Waals surface area contributed by atoms with Crippen LogP contribution in [-0.2, 0) is 0 Å². The summed E-state index contributed by atoms with van der Waals surface area (Å²) in [6, 6.07) is 21.9. The molecule has 5 heteroatoms. The van der Waals surface area contributed by atoms with E-state index in [2.05, 4.69) is 10.6 Å². The van der Waals surface area contributed by atoms with Gasteiger partial charge in [0, 0.05) is 17.4 Å². The van der Waals surface area contributed by atoms with Crippen LogP contribution in [0.25, 0.3) is 12.2 Å². The number of thiocarbonyl (C=S) groups is 1. The van der Waals surface area contributed by atoms with Gasteiger partial charge in [0.05, 0.1) is 0 Å². The van der Waals surface area contributed by atoms with E-state index in [-0.39, 0.29) is 11.5 Å². The second-order valence-corrected chi connectivity index (χ2v) is 6.09. The van der Waals surface area contributed by atoms with Gasteiger partial charge in [-0.3, -0.25) is 0 Å². The number of aromatic hydroxyl groups is 2. The van der Waals surface area contributed by atoms with E-state index in [0.717, 1.165) is 22.5 Å². The van der Waals surface area contributed by atoms with Crippen LogP contribution in [0.1, 0.15) is 11.1 Å². The molecule has 3 aromatic rings. The van der Waals surface area contributed by atoms with Crippen molar-refractivity contribution in [1.82, 2.24) is 0 Å². The Balaban J connectivity index is 1.61. The second kappa shape index (κ2) is 8.18. The molecule has 0 fully saturated rings. The fourth-order valence-corrected chi connectivity index (χ4v) is 2.63. The van der Waals surface area contributed by atoms with Gasteiger partial charge >= 0.3 is 0 Å². The van der Waals surface area contributed by atoms with Crippen LogP contribution in [0.4, 0.5) is 11.4 Å². The van der Waals surface area contributed by atoms with Crippen LogP contribution < -0.4 is 10.6 Å². The zero-order chi connectivity index (χ0) is 18.4. The molecule has 3 rings (SSSR count). The average Bonchev–Trinajstić information content (AvgIpc) is 2.61. The van der Waals surface area contributed by atoms with Crippen molar-refractivity contribution >= 4 is 40.9 Å². The van der Waals surface area contributed by atoms with Crippen molar-refractivity contribution in [2.24, 2.45) is 0 Å². The maximum Gasteiger partial charge on any atom is 0.175 e. The molecule has 26 heavy (non-hydrogen) atoms. The van der Waals surface area contributed by atoms with Gasteiger partial charge in [-0.25, -0.2) is 0 Å². The highest BCUT2D eigenvalue weighted by Gasteiger charge is 1.99. The first-order valence-corrected chi connectivity index (χ1v) is 8.43. The summed E-state index contributed by atoms with van der Waals surface area (Å²) >= 11 is 5.31. The third kappa shape index (κ3) is 5.09. The lowest BCUT2D eigenvalue weighted by Crippen LogP contribution is -2.18. The van der Waals surface area contributed by atoms with Crippen molar-refractivity contribution < 1.29 is 10.2 Å². The lowest BCUT2D eigenvalue weighted by Gasteiger charge is -2.10. The number of phenols is 2. The summed E-state index contributed by atoms with van der Waals surface area (Å²) < 4.78 is 0. The predicted molar refractivity (Wildman–Crippen MR) is 111 cm³/mol. The van der Waals surface area contributed by atoms with Crippen LogP contribution >= 0.6 is 12.2 Å². The normalized spacial score (nSPS) is 10.6. The molecular formula is C21H18N2O2S. The standard InChI is InChI=1S/C21H18N2O2S/c24-19-12-16(13-20(25)14-19)7-6-15-8-10-18(11-9-15)23-21(26)22-17-4-2-1-3-5-17/h1-14,24-25H,(H2,22,23,26)/b7-6+. The van der Waals surface area contributed by atoms with Gasteiger partial charge in [0.15, 0.2) is 5.11 Å². The molecule has 0 radical (unpaired) electrons. The Morgan fingerprint density at radius 3 is 1.85 bits per heavy atom. The number of benzene rings is 3. The van der Waals surface area contributed by atoms with E-state index in [1.807, 2.05) is 66.7 Å². The molecule has 0 saturated heterocycles. The molecule has 0 saturated carbocycles. The van der Waals surface area contributed by atoms with Crippen LogP contribution in [-0.4, -0.2) is 15.3 Å². The van der Waals surface area contributed by atoms with Crippen molar-refractivity contribution in [2.75, 3.05) is 10.6 Å². The van der Waals surface area contributed by atoms with Crippen molar-refractivity contribution in [3.8, 4) is 11.5 Å². The highest BCUT2D eigenvalue weighted by Crippen LogP contribution is 2.22. The van der Waals surface area contributed by atoms with Gasteiger partial charge in [-0.2, -0.15) is 0 Å². The highest BCUT2D eigenvalue weighted by molar-refractivity contribution is 7.80. The molecule has 0 amide bonds. The third-order valence-corrected chi connectivity index (χ3v) is 3.80. The number of nitrogens with one attached hydrogen (secondary N) is 2. The zero-order valence-corrected chi connectivity index (χ0v) is 14.7. The fourth-order valence-electron chi connectivity index (χ4n) is 2.40. The van der Waals surface area contributed by atoms with E-state index < -0.39 is 0 Å². The highest BCUT2D eigenvalue weighted by atomic mass is 32.1. The molecule has 0 heterocycles. The molecule has 0 aromatic heterocycles. The molecule has 4 N–H and O–H groups in total. The fraction of sp³-hybridized carbons (Fsp3) is 0. The minimum Gasteiger partial charge on any atom is -0.508 e. The van der Waals surface area contributed by atoms with Crippen molar-refractivity contribution in [3.63, 3.8) is 0 Å². The number of hydrogen-bond donors (Lipinski definition) is 4. The number of phenolic OH excluding ortho intramolecular Hbond substituents is 2. The van der Waals surface area contributed by atoms with Gasteiger partial charge in [0.1, 0.15) is 11.5 Å². The number of anilines is 2. The van der Waals surface area contributed by atoms with Gasteiger partial charge in [-0.15, -0.1) is 0 Å². The second-order valence-electron chi connectivity index (χ2n) is 5.68. The summed E-state index contributed by atoms with van der Waals surface area (Å²) in [5.41, 5.74) is 3.52. The van der Waals surface area contributed by atoms with Gasteiger partial charge < -0.3 is 20.8 Å². The Kier molecular flexibility index (Phi) is 5.51. The van der Waals surface area contributed by atoms with E-state index in [9.17, 15) is 10.2 Å². The van der Waals surface area contributed by atoms with Gasteiger partial charge in [-0.1, -0.05) is 42.5 Å². The minimum absolute atomic E-state index is 0.0311. The smallest absolute Gasteiger partial charge is 0.175 e. The van der Waals surface area contributed by atoms with Gasteiger partial charge in [0.25, 0.3) is 0 Å². The molecule has 3 aromatic carbocycles. The quantitative estimate of drug-likeness (QED) is 0.385. The summed E-state index contributed by atoms with van der Waals surface area (Å²) in [7, 11) is 0. The van der Waals surface area contributed by atoms with Crippen LogP contribution in [0.2, 0.25) is 0 Å². The predicted octanol–water partition coefficient (Wildman–Crippen LogP) is 5.08. The van der Waals surface area contributed by atoms with Gasteiger partial charge in [0.2, 0.25) is 0 Å². The number of para-hydroxylation sites is 1. The molecule has 0 atom stereocenters. The Morgan fingerprint density at radius 2 is 1.23 bits per heavy atom. The van der Waals surface area contributed by atoms with E-state index in [4.69, 9.17) is 12.2 Å². The third-order valence-electron chi connectivity index (χ3n) is 3.59. The Morgan fingerprint density at radius 1 is 0.692 bits per heavy atom. The zero-order valence-electron chi connectivity index (χ0n) is 13.9. The summed E-state index contributed by atoms with van der Waals surface area (Å²) in [5, 5.41) is 25.8. The van der Waals surface area contributed by atoms with Crippen LogP contribution in [0.3, 0.4) is 0 Å². The SMILES string of the molecule is Oc1cc(O)cc(/C=C/c2ccc(NC(=S)Nc3ccccc3)cc2)c1. The van der Waals surface area contributed by atoms with E-state index in [1.54, 1.807) is 12.1 Å².